The Morgan fingerprint density at radius 2 is 1.63 bits per heavy atom. The van der Waals surface area contributed by atoms with Crippen LogP contribution in [0.3, 0.4) is 0 Å². The van der Waals surface area contributed by atoms with Crippen LogP contribution in [0.5, 0.6) is 11.5 Å². The Hall–Kier alpha value is -3.87. The Kier molecular flexibility index (Phi) is 6.93. The van der Waals surface area contributed by atoms with Gasteiger partial charge in [0.2, 0.25) is 5.91 Å². The van der Waals surface area contributed by atoms with Crippen molar-refractivity contribution in [3.63, 3.8) is 0 Å². The lowest BCUT2D eigenvalue weighted by Gasteiger charge is -2.33. The van der Waals surface area contributed by atoms with Gasteiger partial charge in [-0.2, -0.15) is 0 Å². The van der Waals surface area contributed by atoms with Crippen molar-refractivity contribution in [2.24, 2.45) is 0 Å². The van der Waals surface area contributed by atoms with Crippen molar-refractivity contribution in [3.05, 3.63) is 84.2 Å². The first-order valence-corrected chi connectivity index (χ1v) is 12.2. The normalized spacial score (nSPS) is 16.2. The largest absolute Gasteiger partial charge is 0.486 e. The fourth-order valence-electron chi connectivity index (χ4n) is 4.76. The summed E-state index contributed by atoms with van der Waals surface area (Å²) in [7, 11) is 0. The Bertz CT molecular complexity index is 1160. The van der Waals surface area contributed by atoms with Crippen LogP contribution in [0, 0.1) is 0 Å². The molecule has 3 aromatic rings. The van der Waals surface area contributed by atoms with Crippen LogP contribution in [0.1, 0.15) is 54.2 Å². The number of nitrogens with one attached hydrogen (secondary N) is 1. The number of pyridine rings is 1. The van der Waals surface area contributed by atoms with E-state index in [1.54, 1.807) is 42.6 Å². The van der Waals surface area contributed by atoms with E-state index < -0.39 is 6.04 Å². The minimum absolute atomic E-state index is 0.106. The lowest BCUT2D eigenvalue weighted by molar-refractivity contribution is -0.123. The van der Waals surface area contributed by atoms with Crippen LogP contribution in [-0.2, 0) is 4.79 Å². The van der Waals surface area contributed by atoms with Crippen LogP contribution in [0.25, 0.3) is 0 Å². The predicted octanol–water partition coefficient (Wildman–Crippen LogP) is 4.69. The third-order valence-corrected chi connectivity index (χ3v) is 6.48. The van der Waals surface area contributed by atoms with Crippen LogP contribution >= 0.6 is 0 Å². The Labute approximate surface area is 205 Å². The van der Waals surface area contributed by atoms with E-state index in [0.717, 1.165) is 31.2 Å². The van der Waals surface area contributed by atoms with E-state index in [4.69, 9.17) is 9.47 Å². The molecule has 1 fully saturated rings. The van der Waals surface area contributed by atoms with Gasteiger partial charge in [0, 0.05) is 24.0 Å². The summed E-state index contributed by atoms with van der Waals surface area (Å²) >= 11 is 0. The van der Waals surface area contributed by atoms with Gasteiger partial charge in [0.1, 0.15) is 24.9 Å². The van der Waals surface area contributed by atoms with Gasteiger partial charge in [-0.05, 0) is 42.7 Å². The molecule has 0 saturated heterocycles. The second-order valence-electron chi connectivity index (χ2n) is 8.87. The highest BCUT2D eigenvalue weighted by Crippen LogP contribution is 2.37. The fourth-order valence-corrected chi connectivity index (χ4v) is 4.76. The molecule has 1 atom stereocenters. The van der Waals surface area contributed by atoms with Crippen LogP contribution in [0.4, 0.5) is 5.69 Å². The quantitative estimate of drug-likeness (QED) is 0.564. The number of anilines is 1. The molecule has 1 N–H and O–H groups in total. The predicted molar refractivity (Wildman–Crippen MR) is 133 cm³/mol. The van der Waals surface area contributed by atoms with E-state index in [1.807, 2.05) is 30.3 Å². The van der Waals surface area contributed by atoms with Crippen molar-refractivity contribution in [2.45, 2.75) is 44.2 Å². The second-order valence-corrected chi connectivity index (χ2v) is 8.87. The van der Waals surface area contributed by atoms with Crippen molar-refractivity contribution in [2.75, 3.05) is 18.1 Å². The molecule has 0 radical (unpaired) electrons. The molecular weight excluding hydrogens is 442 g/mol. The summed E-state index contributed by atoms with van der Waals surface area (Å²) in [6.45, 7) is 0.897. The topological polar surface area (TPSA) is 80.8 Å². The zero-order valence-corrected chi connectivity index (χ0v) is 19.6. The maximum atomic E-state index is 13.9. The molecular formula is C28H29N3O4. The average molecular weight is 472 g/mol. The maximum absolute atomic E-state index is 13.9. The molecule has 0 bridgehead atoms. The number of hydrogen-bond acceptors (Lipinski definition) is 5. The standard InChI is InChI=1S/C28H29N3O4/c32-27(30-21-11-5-2-6-12-21)26(20-9-3-1-4-10-20)31(28(33)23-13-7-8-16-29-23)22-14-15-24-25(19-22)35-18-17-34-24/h1,3-4,7-10,13-16,19,21,26H,2,5-6,11-12,17-18H2,(H,30,32). The van der Waals surface area contributed by atoms with Crippen molar-refractivity contribution in [1.82, 2.24) is 10.3 Å². The SMILES string of the molecule is O=C(NC1CCCCC1)C(c1ccccc1)N(C(=O)c1ccccn1)c1ccc2c(c1)OCCO2. The molecule has 2 heterocycles. The van der Waals surface area contributed by atoms with Gasteiger partial charge in [0.15, 0.2) is 11.5 Å². The van der Waals surface area contributed by atoms with Gasteiger partial charge in [0.05, 0.1) is 0 Å². The lowest BCUT2D eigenvalue weighted by atomic mass is 9.94. The van der Waals surface area contributed by atoms with Gasteiger partial charge >= 0.3 is 0 Å². The number of fused-ring (bicyclic) bond motifs is 1. The highest BCUT2D eigenvalue weighted by atomic mass is 16.6. The van der Waals surface area contributed by atoms with Gasteiger partial charge in [-0.15, -0.1) is 0 Å². The van der Waals surface area contributed by atoms with Crippen molar-refractivity contribution < 1.29 is 19.1 Å². The van der Waals surface area contributed by atoms with E-state index >= 15 is 0 Å². The minimum Gasteiger partial charge on any atom is -0.486 e. The average Bonchev–Trinajstić information content (AvgIpc) is 2.92. The number of benzene rings is 2. The first-order chi connectivity index (χ1) is 17.2. The fraction of sp³-hybridized carbons (Fsp3) is 0.321. The summed E-state index contributed by atoms with van der Waals surface area (Å²) in [5.41, 5.74) is 1.52. The number of nitrogens with zero attached hydrogens (tertiary/aromatic N) is 2. The van der Waals surface area contributed by atoms with Crippen LogP contribution in [0.15, 0.2) is 72.9 Å². The van der Waals surface area contributed by atoms with Gasteiger partial charge in [0.25, 0.3) is 5.91 Å². The zero-order valence-electron chi connectivity index (χ0n) is 19.6. The minimum atomic E-state index is -0.879. The molecule has 7 heteroatoms. The van der Waals surface area contributed by atoms with Gasteiger partial charge in [-0.25, -0.2) is 0 Å². The molecule has 1 aromatic heterocycles. The monoisotopic (exact) mass is 471 g/mol. The molecule has 2 aliphatic rings. The highest BCUT2D eigenvalue weighted by Gasteiger charge is 2.35. The van der Waals surface area contributed by atoms with E-state index in [2.05, 4.69) is 10.3 Å². The summed E-state index contributed by atoms with van der Waals surface area (Å²) in [5.74, 6) is 0.595. The van der Waals surface area contributed by atoms with E-state index in [9.17, 15) is 9.59 Å². The number of aromatic nitrogens is 1. The van der Waals surface area contributed by atoms with Crippen LogP contribution in [0.2, 0.25) is 0 Å². The Morgan fingerprint density at radius 3 is 2.37 bits per heavy atom. The van der Waals surface area contributed by atoms with Crippen LogP contribution < -0.4 is 19.7 Å². The summed E-state index contributed by atoms with van der Waals surface area (Å²) in [5, 5.41) is 3.23. The second kappa shape index (κ2) is 10.6. The first kappa shape index (κ1) is 22.9. The van der Waals surface area contributed by atoms with Crippen molar-refractivity contribution in [1.29, 1.82) is 0 Å². The Morgan fingerprint density at radius 1 is 0.886 bits per heavy atom. The summed E-state index contributed by atoms with van der Waals surface area (Å²) in [6, 6.07) is 19.2. The highest BCUT2D eigenvalue weighted by molar-refractivity contribution is 6.09. The van der Waals surface area contributed by atoms with Gasteiger partial charge in [-0.3, -0.25) is 19.5 Å². The number of carbonyl (C=O) groups excluding carboxylic acids is 2. The molecule has 1 saturated carbocycles. The molecule has 2 amide bonds. The number of carbonyl (C=O) groups is 2. The molecule has 5 rings (SSSR count). The third kappa shape index (κ3) is 5.14. The number of hydrogen-bond donors (Lipinski definition) is 1. The van der Waals surface area contributed by atoms with E-state index in [0.29, 0.717) is 30.4 Å². The number of ether oxygens (including phenoxy) is 2. The Balaban J connectivity index is 1.59. The number of amides is 2. The van der Waals surface area contributed by atoms with Gasteiger partial charge in [-0.1, -0.05) is 55.7 Å². The first-order valence-electron chi connectivity index (χ1n) is 12.2. The summed E-state index contributed by atoms with van der Waals surface area (Å²) in [6.07, 6.45) is 6.86. The lowest BCUT2D eigenvalue weighted by Crippen LogP contribution is -2.47. The van der Waals surface area contributed by atoms with Gasteiger partial charge < -0.3 is 14.8 Å². The third-order valence-electron chi connectivity index (χ3n) is 6.48. The summed E-state index contributed by atoms with van der Waals surface area (Å²) < 4.78 is 11.5. The van der Waals surface area contributed by atoms with Crippen LogP contribution in [-0.4, -0.2) is 36.1 Å². The molecule has 7 nitrogen and oxygen atoms in total. The molecule has 1 unspecified atom stereocenters. The van der Waals surface area contributed by atoms with E-state index in [-0.39, 0.29) is 23.6 Å². The zero-order chi connectivity index (χ0) is 24.0. The molecule has 0 spiro atoms. The smallest absolute Gasteiger partial charge is 0.277 e. The molecule has 1 aliphatic carbocycles. The molecule has 180 valence electrons. The van der Waals surface area contributed by atoms with E-state index in [1.165, 1.54) is 11.3 Å². The summed E-state index contributed by atoms with van der Waals surface area (Å²) in [4.78, 5) is 33.6. The van der Waals surface area contributed by atoms with Crippen molar-refractivity contribution >= 4 is 17.5 Å². The maximum Gasteiger partial charge on any atom is 0.277 e. The molecule has 2 aromatic carbocycles. The van der Waals surface area contributed by atoms with Crippen molar-refractivity contribution in [3.8, 4) is 11.5 Å². The molecule has 1 aliphatic heterocycles. The molecule has 35 heavy (non-hydrogen) atoms. The number of rotatable bonds is 6.